The number of rotatable bonds is 7. The van der Waals surface area contributed by atoms with Gasteiger partial charge in [-0.05, 0) is 35.3 Å². The van der Waals surface area contributed by atoms with E-state index in [4.69, 9.17) is 0 Å². The molecule has 1 aliphatic heterocycles. The van der Waals surface area contributed by atoms with Gasteiger partial charge in [-0.2, -0.15) is 0 Å². The Labute approximate surface area is 162 Å². The molecule has 1 unspecified atom stereocenters. The molecule has 2 aromatic rings. The van der Waals surface area contributed by atoms with Crippen LogP contribution in [0.5, 0.6) is 0 Å². The summed E-state index contributed by atoms with van der Waals surface area (Å²) in [7, 11) is 0. The molecule has 4 rings (SSSR count). The quantitative estimate of drug-likeness (QED) is 0.749. The Bertz CT molecular complexity index is 686. The summed E-state index contributed by atoms with van der Waals surface area (Å²) in [5.74, 6) is 1.10. The molecule has 0 N–H and O–H groups in total. The van der Waals surface area contributed by atoms with Gasteiger partial charge < -0.3 is 0 Å². The zero-order chi connectivity index (χ0) is 18.5. The Hall–Kier alpha value is -1.79. The molecule has 0 amide bonds. The van der Waals surface area contributed by atoms with Crippen molar-refractivity contribution in [2.75, 3.05) is 26.2 Å². The number of aromatic nitrogens is 4. The molecule has 0 radical (unpaired) electrons. The van der Waals surface area contributed by atoms with Crippen molar-refractivity contribution in [1.82, 2.24) is 30.0 Å². The van der Waals surface area contributed by atoms with Gasteiger partial charge in [0.2, 0.25) is 0 Å². The summed E-state index contributed by atoms with van der Waals surface area (Å²) in [6.45, 7) is 7.72. The summed E-state index contributed by atoms with van der Waals surface area (Å²) < 4.78 is 2.16. The highest BCUT2D eigenvalue weighted by atomic mass is 15.6. The molecule has 6 nitrogen and oxygen atoms in total. The Morgan fingerprint density at radius 3 is 2.48 bits per heavy atom. The van der Waals surface area contributed by atoms with E-state index < -0.39 is 0 Å². The van der Waals surface area contributed by atoms with Crippen molar-refractivity contribution in [3.8, 4) is 0 Å². The van der Waals surface area contributed by atoms with Gasteiger partial charge in [-0.15, -0.1) is 5.10 Å². The molecule has 146 valence electrons. The van der Waals surface area contributed by atoms with Crippen LogP contribution < -0.4 is 0 Å². The molecule has 1 aliphatic carbocycles. The standard InChI is InChI=1S/C21H32N6/c1-2-8-20(21-22-23-24-27(21)19-11-6-7-12-19)26-15-13-25(14-16-26)17-18-9-4-3-5-10-18/h3-5,9-10,19-20H,2,6-8,11-17H2,1H3. The number of hydrogen-bond donors (Lipinski definition) is 0. The minimum atomic E-state index is 0.351. The fourth-order valence-electron chi connectivity index (χ4n) is 4.65. The third-order valence-corrected chi connectivity index (χ3v) is 6.15. The molecule has 1 aromatic heterocycles. The van der Waals surface area contributed by atoms with Crippen LogP contribution in [0, 0.1) is 0 Å². The first-order valence-electron chi connectivity index (χ1n) is 10.6. The van der Waals surface area contributed by atoms with Gasteiger partial charge in [-0.3, -0.25) is 9.80 Å². The summed E-state index contributed by atoms with van der Waals surface area (Å²) >= 11 is 0. The van der Waals surface area contributed by atoms with Crippen LogP contribution in [0.25, 0.3) is 0 Å². The average molecular weight is 369 g/mol. The molecule has 2 aliphatic rings. The van der Waals surface area contributed by atoms with E-state index in [2.05, 4.69) is 67.3 Å². The van der Waals surface area contributed by atoms with Crippen LogP contribution in [-0.2, 0) is 6.54 Å². The molecule has 1 aromatic carbocycles. The van der Waals surface area contributed by atoms with Crippen molar-refractivity contribution in [1.29, 1.82) is 0 Å². The van der Waals surface area contributed by atoms with Crippen molar-refractivity contribution in [3.05, 3.63) is 41.7 Å². The van der Waals surface area contributed by atoms with E-state index in [1.807, 2.05) is 0 Å². The Kier molecular flexibility index (Phi) is 6.14. The minimum Gasteiger partial charge on any atom is -0.297 e. The van der Waals surface area contributed by atoms with Crippen LogP contribution in [-0.4, -0.2) is 56.2 Å². The predicted octanol–water partition coefficient (Wildman–Crippen LogP) is 3.45. The van der Waals surface area contributed by atoms with Crippen molar-refractivity contribution in [3.63, 3.8) is 0 Å². The summed E-state index contributed by atoms with van der Waals surface area (Å²) in [6.07, 6.45) is 7.35. The molecule has 1 saturated heterocycles. The summed E-state index contributed by atoms with van der Waals surface area (Å²) in [5, 5.41) is 12.9. The largest absolute Gasteiger partial charge is 0.297 e. The van der Waals surface area contributed by atoms with E-state index in [0.29, 0.717) is 12.1 Å². The van der Waals surface area contributed by atoms with Gasteiger partial charge >= 0.3 is 0 Å². The Morgan fingerprint density at radius 2 is 1.78 bits per heavy atom. The normalized spacial score (nSPS) is 20.9. The molecule has 2 fully saturated rings. The third-order valence-electron chi connectivity index (χ3n) is 6.15. The smallest absolute Gasteiger partial charge is 0.168 e. The second-order valence-corrected chi connectivity index (χ2v) is 8.02. The second kappa shape index (κ2) is 8.93. The van der Waals surface area contributed by atoms with Crippen LogP contribution in [0.3, 0.4) is 0 Å². The topological polar surface area (TPSA) is 50.1 Å². The fraction of sp³-hybridized carbons (Fsp3) is 0.667. The SMILES string of the molecule is CCCC(c1nnnn1C1CCCC1)N1CCN(Cc2ccccc2)CC1. The van der Waals surface area contributed by atoms with E-state index in [1.165, 1.54) is 31.2 Å². The highest BCUT2D eigenvalue weighted by molar-refractivity contribution is 5.14. The third kappa shape index (κ3) is 4.38. The molecular formula is C21H32N6. The van der Waals surface area contributed by atoms with Gasteiger partial charge in [0, 0.05) is 32.7 Å². The van der Waals surface area contributed by atoms with Crippen molar-refractivity contribution in [2.45, 2.75) is 64.1 Å². The lowest BCUT2D eigenvalue weighted by molar-refractivity contribution is 0.0810. The molecule has 1 saturated carbocycles. The van der Waals surface area contributed by atoms with Gasteiger partial charge in [0.1, 0.15) is 0 Å². The average Bonchev–Trinajstić information content (AvgIpc) is 3.39. The molecule has 0 bridgehead atoms. The number of tetrazole rings is 1. The monoisotopic (exact) mass is 368 g/mol. The molecule has 1 atom stereocenters. The maximum Gasteiger partial charge on any atom is 0.168 e. The molecule has 0 spiro atoms. The zero-order valence-corrected chi connectivity index (χ0v) is 16.5. The van der Waals surface area contributed by atoms with Crippen molar-refractivity contribution in [2.24, 2.45) is 0 Å². The molecular weight excluding hydrogens is 336 g/mol. The van der Waals surface area contributed by atoms with Crippen LogP contribution in [0.1, 0.15) is 68.9 Å². The van der Waals surface area contributed by atoms with Gasteiger partial charge in [-0.25, -0.2) is 4.68 Å². The highest BCUT2D eigenvalue weighted by Crippen LogP contribution is 2.33. The van der Waals surface area contributed by atoms with Gasteiger partial charge in [0.25, 0.3) is 0 Å². The second-order valence-electron chi connectivity index (χ2n) is 8.02. The van der Waals surface area contributed by atoms with Crippen molar-refractivity contribution >= 4 is 0 Å². The van der Waals surface area contributed by atoms with E-state index >= 15 is 0 Å². The lowest BCUT2D eigenvalue weighted by Gasteiger charge is -2.39. The summed E-state index contributed by atoms with van der Waals surface area (Å²) in [6, 6.07) is 11.7. The minimum absolute atomic E-state index is 0.351. The van der Waals surface area contributed by atoms with Crippen LogP contribution >= 0.6 is 0 Å². The first-order chi connectivity index (χ1) is 13.3. The van der Waals surface area contributed by atoms with Gasteiger partial charge in [0.05, 0.1) is 12.1 Å². The first-order valence-corrected chi connectivity index (χ1v) is 10.6. The number of benzene rings is 1. The van der Waals surface area contributed by atoms with Crippen molar-refractivity contribution < 1.29 is 0 Å². The van der Waals surface area contributed by atoms with E-state index in [-0.39, 0.29) is 0 Å². The highest BCUT2D eigenvalue weighted by Gasteiger charge is 2.31. The van der Waals surface area contributed by atoms with E-state index in [1.54, 1.807) is 0 Å². The zero-order valence-electron chi connectivity index (χ0n) is 16.5. The van der Waals surface area contributed by atoms with Gasteiger partial charge in [-0.1, -0.05) is 56.5 Å². The lowest BCUT2D eigenvalue weighted by Crippen LogP contribution is -2.47. The Balaban J connectivity index is 1.41. The predicted molar refractivity (Wildman–Crippen MR) is 106 cm³/mol. The van der Waals surface area contributed by atoms with E-state index in [0.717, 1.165) is 51.4 Å². The number of hydrogen-bond acceptors (Lipinski definition) is 5. The fourth-order valence-corrected chi connectivity index (χ4v) is 4.65. The van der Waals surface area contributed by atoms with Gasteiger partial charge in [0.15, 0.2) is 5.82 Å². The van der Waals surface area contributed by atoms with E-state index in [9.17, 15) is 0 Å². The van der Waals surface area contributed by atoms with Crippen LogP contribution in [0.2, 0.25) is 0 Å². The maximum atomic E-state index is 4.49. The first kappa shape index (κ1) is 18.6. The molecule has 27 heavy (non-hydrogen) atoms. The summed E-state index contributed by atoms with van der Waals surface area (Å²) in [5.41, 5.74) is 1.40. The molecule has 2 heterocycles. The number of piperazine rings is 1. The maximum absolute atomic E-state index is 4.49. The number of nitrogens with zero attached hydrogens (tertiary/aromatic N) is 6. The molecule has 6 heteroatoms. The Morgan fingerprint density at radius 1 is 1.04 bits per heavy atom. The van der Waals surface area contributed by atoms with Crippen LogP contribution in [0.15, 0.2) is 30.3 Å². The summed E-state index contributed by atoms with van der Waals surface area (Å²) in [4.78, 5) is 5.18. The lowest BCUT2D eigenvalue weighted by atomic mass is 10.1. The van der Waals surface area contributed by atoms with Crippen LogP contribution in [0.4, 0.5) is 0 Å².